The van der Waals surface area contributed by atoms with Crippen LogP contribution in [-0.4, -0.2) is 36.1 Å². The predicted molar refractivity (Wildman–Crippen MR) is 50.1 cm³/mol. The molecule has 12 heavy (non-hydrogen) atoms. The lowest BCUT2D eigenvalue weighted by Crippen LogP contribution is -2.26. The molecule has 3 heteroatoms. The van der Waals surface area contributed by atoms with E-state index in [4.69, 9.17) is 14.9 Å². The molecule has 0 aromatic rings. The van der Waals surface area contributed by atoms with Crippen LogP contribution >= 0.6 is 0 Å². The maximum absolute atomic E-state index is 9.00. The molecular weight excluding hydrogens is 156 g/mol. The fourth-order valence-corrected chi connectivity index (χ4v) is 0.974. The Hall–Kier alpha value is -0.120. The maximum atomic E-state index is 9.00. The lowest BCUT2D eigenvalue weighted by molar-refractivity contribution is -0.0340. The normalized spacial score (nSPS) is 27.5. The van der Waals surface area contributed by atoms with Gasteiger partial charge in [-0.25, -0.2) is 0 Å². The van der Waals surface area contributed by atoms with E-state index in [0.29, 0.717) is 0 Å². The first-order valence-corrected chi connectivity index (χ1v) is 4.53. The van der Waals surface area contributed by atoms with Crippen molar-refractivity contribution in [2.24, 2.45) is 0 Å². The van der Waals surface area contributed by atoms with Crippen LogP contribution in [0.2, 0.25) is 0 Å². The smallest absolute Gasteiger partial charge is 0.0586 e. The van der Waals surface area contributed by atoms with E-state index in [0.717, 1.165) is 26.6 Å². The second-order valence-corrected chi connectivity index (χ2v) is 2.36. The van der Waals surface area contributed by atoms with Crippen molar-refractivity contribution < 1.29 is 14.9 Å². The molecule has 1 rings (SSSR count). The molecule has 0 aromatic heterocycles. The first-order chi connectivity index (χ1) is 5.79. The molecule has 3 nitrogen and oxygen atoms in total. The van der Waals surface area contributed by atoms with Gasteiger partial charge in [0, 0.05) is 13.7 Å². The minimum absolute atomic E-state index is 0.112. The summed E-state index contributed by atoms with van der Waals surface area (Å²) in [6.07, 6.45) is 1.77. The monoisotopic (exact) mass is 178 g/mol. The van der Waals surface area contributed by atoms with Crippen LogP contribution in [-0.2, 0) is 4.74 Å². The van der Waals surface area contributed by atoms with E-state index in [1.54, 1.807) is 0 Å². The quantitative estimate of drug-likeness (QED) is 0.585. The van der Waals surface area contributed by atoms with Gasteiger partial charge in [0.15, 0.2) is 0 Å². The van der Waals surface area contributed by atoms with E-state index in [2.05, 4.69) is 0 Å². The second kappa shape index (κ2) is 10.9. The van der Waals surface area contributed by atoms with Crippen LogP contribution in [0.25, 0.3) is 0 Å². The number of hydrogen-bond acceptors (Lipinski definition) is 3. The van der Waals surface area contributed by atoms with Gasteiger partial charge in [-0.1, -0.05) is 13.8 Å². The van der Waals surface area contributed by atoms with Crippen LogP contribution in [0.1, 0.15) is 33.6 Å². The Morgan fingerprint density at radius 2 is 1.75 bits per heavy atom. The van der Waals surface area contributed by atoms with Crippen LogP contribution in [0.15, 0.2) is 0 Å². The van der Waals surface area contributed by atoms with Crippen molar-refractivity contribution in [2.45, 2.75) is 45.8 Å². The molecule has 1 heterocycles. The molecule has 0 amide bonds. The van der Waals surface area contributed by atoms with Crippen LogP contribution < -0.4 is 0 Å². The fraction of sp³-hybridized carbons (Fsp3) is 1.00. The topological polar surface area (TPSA) is 49.7 Å². The van der Waals surface area contributed by atoms with Crippen molar-refractivity contribution in [1.82, 2.24) is 0 Å². The average Bonchev–Trinajstić information content (AvgIpc) is 2.11. The van der Waals surface area contributed by atoms with E-state index in [-0.39, 0.29) is 12.2 Å². The summed E-state index contributed by atoms with van der Waals surface area (Å²) in [7, 11) is 1.00. The molecule has 0 spiro atoms. The molecule has 1 aliphatic rings. The molecule has 0 saturated carbocycles. The van der Waals surface area contributed by atoms with Crippen molar-refractivity contribution in [3.05, 3.63) is 0 Å². The molecule has 1 fully saturated rings. The van der Waals surface area contributed by atoms with E-state index in [9.17, 15) is 0 Å². The third kappa shape index (κ3) is 7.98. The molecule has 76 valence electrons. The Labute approximate surface area is 75.4 Å². The summed E-state index contributed by atoms with van der Waals surface area (Å²) in [5, 5.41) is 16.0. The molecule has 1 aliphatic heterocycles. The van der Waals surface area contributed by atoms with E-state index in [1.807, 2.05) is 20.8 Å². The van der Waals surface area contributed by atoms with Gasteiger partial charge in [0.2, 0.25) is 0 Å². The van der Waals surface area contributed by atoms with Gasteiger partial charge in [0.05, 0.1) is 12.2 Å². The summed E-state index contributed by atoms with van der Waals surface area (Å²) in [5.74, 6) is 0. The van der Waals surface area contributed by atoms with Crippen LogP contribution in [0.4, 0.5) is 0 Å². The van der Waals surface area contributed by atoms with Crippen LogP contribution in [0.3, 0.4) is 0 Å². The molecule has 0 bridgehead atoms. The summed E-state index contributed by atoms with van der Waals surface area (Å²) in [5.41, 5.74) is 0. The molecule has 0 aromatic carbocycles. The number of aliphatic hydroxyl groups excluding tert-OH is 2. The van der Waals surface area contributed by atoms with Crippen molar-refractivity contribution >= 4 is 0 Å². The Morgan fingerprint density at radius 3 is 2.00 bits per heavy atom. The Morgan fingerprint density at radius 1 is 1.25 bits per heavy atom. The number of rotatable bonds is 0. The fourth-order valence-electron chi connectivity index (χ4n) is 0.974. The van der Waals surface area contributed by atoms with Gasteiger partial charge in [-0.05, 0) is 19.8 Å². The molecule has 2 atom stereocenters. The summed E-state index contributed by atoms with van der Waals surface area (Å²) in [4.78, 5) is 0. The summed E-state index contributed by atoms with van der Waals surface area (Å²) in [6, 6.07) is 0. The highest BCUT2D eigenvalue weighted by molar-refractivity contribution is 4.65. The van der Waals surface area contributed by atoms with Gasteiger partial charge in [0.25, 0.3) is 0 Å². The molecule has 2 unspecified atom stereocenters. The predicted octanol–water partition coefficient (Wildman–Crippen LogP) is 1.18. The van der Waals surface area contributed by atoms with Crippen molar-refractivity contribution in [1.29, 1.82) is 0 Å². The molecule has 1 saturated heterocycles. The maximum Gasteiger partial charge on any atom is 0.0586 e. The average molecular weight is 178 g/mol. The van der Waals surface area contributed by atoms with E-state index < -0.39 is 0 Å². The van der Waals surface area contributed by atoms with Gasteiger partial charge in [-0.15, -0.1) is 0 Å². The Kier molecular flexibility index (Phi) is 13.1. The van der Waals surface area contributed by atoms with Crippen molar-refractivity contribution in [3.63, 3.8) is 0 Å². The van der Waals surface area contributed by atoms with E-state index in [1.165, 1.54) is 0 Å². The first-order valence-electron chi connectivity index (χ1n) is 4.53. The van der Waals surface area contributed by atoms with Gasteiger partial charge in [-0.2, -0.15) is 0 Å². The molecular formula is C9H22O3. The SMILES string of the molecule is CC.CC1CC(O)CCO1.CO. The minimum Gasteiger partial charge on any atom is -0.400 e. The van der Waals surface area contributed by atoms with Crippen LogP contribution in [0.5, 0.6) is 0 Å². The van der Waals surface area contributed by atoms with Gasteiger partial charge in [-0.3, -0.25) is 0 Å². The molecule has 2 N–H and O–H groups in total. The molecule has 0 aliphatic carbocycles. The third-order valence-corrected chi connectivity index (χ3v) is 1.46. The van der Waals surface area contributed by atoms with E-state index >= 15 is 0 Å². The number of aliphatic hydroxyl groups is 2. The highest BCUT2D eigenvalue weighted by atomic mass is 16.5. The largest absolute Gasteiger partial charge is 0.400 e. The highest BCUT2D eigenvalue weighted by Crippen LogP contribution is 2.11. The van der Waals surface area contributed by atoms with Crippen LogP contribution in [0, 0.1) is 0 Å². The third-order valence-electron chi connectivity index (χ3n) is 1.46. The zero-order valence-corrected chi connectivity index (χ0v) is 8.58. The van der Waals surface area contributed by atoms with Gasteiger partial charge >= 0.3 is 0 Å². The summed E-state index contributed by atoms with van der Waals surface area (Å²) >= 11 is 0. The number of hydrogen-bond donors (Lipinski definition) is 2. The first kappa shape index (κ1) is 14.4. The zero-order chi connectivity index (χ0) is 9.98. The second-order valence-electron chi connectivity index (χ2n) is 2.36. The van der Waals surface area contributed by atoms with Crippen molar-refractivity contribution in [2.75, 3.05) is 13.7 Å². The minimum atomic E-state index is -0.112. The lowest BCUT2D eigenvalue weighted by Gasteiger charge is -2.22. The lowest BCUT2D eigenvalue weighted by atomic mass is 10.1. The Balaban J connectivity index is 0. The standard InChI is InChI=1S/C6H12O2.C2H6.CH4O/c1-5-4-6(7)2-3-8-5;2*1-2/h5-7H,2-4H2,1H3;1-2H3;2H,1H3. The zero-order valence-electron chi connectivity index (χ0n) is 8.58. The van der Waals surface area contributed by atoms with Crippen molar-refractivity contribution in [3.8, 4) is 0 Å². The summed E-state index contributed by atoms with van der Waals surface area (Å²) < 4.78 is 5.19. The Bertz CT molecular complexity index is 68.2. The van der Waals surface area contributed by atoms with Gasteiger partial charge < -0.3 is 14.9 Å². The number of ether oxygens (including phenoxy) is 1. The van der Waals surface area contributed by atoms with Gasteiger partial charge in [0.1, 0.15) is 0 Å². The summed E-state index contributed by atoms with van der Waals surface area (Å²) in [6.45, 7) is 6.71. The highest BCUT2D eigenvalue weighted by Gasteiger charge is 2.15. The molecule has 0 radical (unpaired) electrons.